The van der Waals surface area contributed by atoms with Gasteiger partial charge in [-0.2, -0.15) is 4.31 Å². The molecule has 1 saturated heterocycles. The summed E-state index contributed by atoms with van der Waals surface area (Å²) in [6.07, 6.45) is 6.23. The van der Waals surface area contributed by atoms with E-state index >= 15 is 0 Å². The standard InChI is InChI=1S/C17H26N2O3S/c1-2-3-11-17(20)18-15-9-8-10-16(14-15)23(21,22)19-12-6-4-5-7-13-19/h8-10,14H,2-7,11-13H2,1H3,(H,18,20). The van der Waals surface area contributed by atoms with Crippen LogP contribution >= 0.6 is 0 Å². The summed E-state index contributed by atoms with van der Waals surface area (Å²) in [6.45, 7) is 3.19. The molecule has 23 heavy (non-hydrogen) atoms. The molecule has 1 N–H and O–H groups in total. The van der Waals surface area contributed by atoms with E-state index in [0.29, 0.717) is 25.2 Å². The Bertz CT molecular complexity index is 620. The van der Waals surface area contributed by atoms with Crippen molar-refractivity contribution in [3.63, 3.8) is 0 Å². The number of nitrogens with one attached hydrogen (secondary N) is 1. The Morgan fingerprint density at radius 3 is 2.52 bits per heavy atom. The fraction of sp³-hybridized carbons (Fsp3) is 0.588. The lowest BCUT2D eigenvalue weighted by Crippen LogP contribution is -2.32. The molecule has 1 heterocycles. The molecule has 0 aromatic heterocycles. The average molecular weight is 338 g/mol. The second-order valence-corrected chi connectivity index (χ2v) is 7.94. The van der Waals surface area contributed by atoms with E-state index in [1.807, 2.05) is 6.92 Å². The average Bonchev–Trinajstić information content (AvgIpc) is 2.83. The summed E-state index contributed by atoms with van der Waals surface area (Å²) < 4.78 is 27.1. The first kappa shape index (κ1) is 17.9. The van der Waals surface area contributed by atoms with Crippen molar-refractivity contribution in [3.8, 4) is 0 Å². The molecule has 0 unspecified atom stereocenters. The van der Waals surface area contributed by atoms with Crippen LogP contribution in [0.3, 0.4) is 0 Å². The molecule has 128 valence electrons. The summed E-state index contributed by atoms with van der Waals surface area (Å²) in [4.78, 5) is 12.1. The van der Waals surface area contributed by atoms with Gasteiger partial charge in [0.25, 0.3) is 0 Å². The van der Waals surface area contributed by atoms with E-state index in [9.17, 15) is 13.2 Å². The van der Waals surface area contributed by atoms with Crippen molar-refractivity contribution in [1.82, 2.24) is 4.31 Å². The van der Waals surface area contributed by atoms with E-state index in [0.717, 1.165) is 38.5 Å². The first-order chi connectivity index (χ1) is 11.0. The van der Waals surface area contributed by atoms with Crippen LogP contribution in [0.5, 0.6) is 0 Å². The minimum atomic E-state index is -3.48. The van der Waals surface area contributed by atoms with Gasteiger partial charge in [-0.15, -0.1) is 0 Å². The lowest BCUT2D eigenvalue weighted by Gasteiger charge is -2.20. The van der Waals surface area contributed by atoms with Gasteiger partial charge in [-0.1, -0.05) is 32.3 Å². The maximum absolute atomic E-state index is 12.8. The van der Waals surface area contributed by atoms with Crippen LogP contribution in [0.2, 0.25) is 0 Å². The number of carbonyl (C=O) groups is 1. The van der Waals surface area contributed by atoms with Crippen LogP contribution < -0.4 is 5.32 Å². The summed E-state index contributed by atoms with van der Waals surface area (Å²) in [6, 6.07) is 6.57. The van der Waals surface area contributed by atoms with Crippen LogP contribution in [0.4, 0.5) is 5.69 Å². The first-order valence-electron chi connectivity index (χ1n) is 8.44. The fourth-order valence-corrected chi connectivity index (χ4v) is 4.29. The molecule has 0 saturated carbocycles. The van der Waals surface area contributed by atoms with E-state index in [1.54, 1.807) is 28.6 Å². The van der Waals surface area contributed by atoms with Crippen molar-refractivity contribution in [2.24, 2.45) is 0 Å². The van der Waals surface area contributed by atoms with Gasteiger partial charge in [-0.3, -0.25) is 4.79 Å². The van der Waals surface area contributed by atoms with E-state index in [1.165, 1.54) is 0 Å². The number of hydrogen-bond donors (Lipinski definition) is 1. The van der Waals surface area contributed by atoms with Gasteiger partial charge in [0.15, 0.2) is 0 Å². The normalized spacial score (nSPS) is 16.7. The molecule has 6 heteroatoms. The number of benzene rings is 1. The van der Waals surface area contributed by atoms with Crippen LogP contribution in [0, 0.1) is 0 Å². The van der Waals surface area contributed by atoms with Gasteiger partial charge >= 0.3 is 0 Å². The maximum Gasteiger partial charge on any atom is 0.243 e. The number of sulfonamides is 1. The highest BCUT2D eigenvalue weighted by molar-refractivity contribution is 7.89. The monoisotopic (exact) mass is 338 g/mol. The second-order valence-electron chi connectivity index (χ2n) is 6.00. The summed E-state index contributed by atoms with van der Waals surface area (Å²) in [5.41, 5.74) is 0.544. The van der Waals surface area contributed by atoms with Gasteiger partial charge in [0.05, 0.1) is 4.90 Å². The number of amides is 1. The second kappa shape index (κ2) is 8.45. The zero-order valence-corrected chi connectivity index (χ0v) is 14.6. The third-order valence-electron chi connectivity index (χ3n) is 4.08. The lowest BCUT2D eigenvalue weighted by molar-refractivity contribution is -0.116. The van der Waals surface area contributed by atoms with E-state index < -0.39 is 10.0 Å². The molecule has 1 aromatic rings. The topological polar surface area (TPSA) is 66.5 Å². The number of hydrogen-bond acceptors (Lipinski definition) is 3. The highest BCUT2D eigenvalue weighted by Crippen LogP contribution is 2.22. The Balaban J connectivity index is 2.12. The molecule has 0 spiro atoms. The van der Waals surface area contributed by atoms with Gasteiger partial charge in [0.1, 0.15) is 0 Å². The third kappa shape index (κ3) is 5.04. The lowest BCUT2D eigenvalue weighted by atomic mass is 10.2. The number of carbonyl (C=O) groups excluding carboxylic acids is 1. The van der Waals surface area contributed by atoms with Crippen LogP contribution in [-0.2, 0) is 14.8 Å². The Kier molecular flexibility index (Phi) is 6.59. The van der Waals surface area contributed by atoms with E-state index in [-0.39, 0.29) is 10.8 Å². The van der Waals surface area contributed by atoms with Gasteiger partial charge < -0.3 is 5.32 Å². The zero-order valence-electron chi connectivity index (χ0n) is 13.8. The first-order valence-corrected chi connectivity index (χ1v) is 9.88. The van der Waals surface area contributed by atoms with Crippen molar-refractivity contribution >= 4 is 21.6 Å². The molecule has 0 radical (unpaired) electrons. The molecule has 0 bridgehead atoms. The molecular weight excluding hydrogens is 312 g/mol. The van der Waals surface area contributed by atoms with Crippen molar-refractivity contribution < 1.29 is 13.2 Å². The van der Waals surface area contributed by atoms with Gasteiger partial charge in [0, 0.05) is 25.2 Å². The molecule has 1 amide bonds. The molecule has 0 aliphatic carbocycles. The summed E-state index contributed by atoms with van der Waals surface area (Å²) in [5, 5.41) is 2.78. The maximum atomic E-state index is 12.8. The summed E-state index contributed by atoms with van der Waals surface area (Å²) in [7, 11) is -3.48. The largest absolute Gasteiger partial charge is 0.326 e. The molecule has 0 atom stereocenters. The van der Waals surface area contributed by atoms with Crippen LogP contribution in [0.1, 0.15) is 51.9 Å². The predicted octanol–water partition coefficient (Wildman–Crippen LogP) is 3.38. The SMILES string of the molecule is CCCCC(=O)Nc1cccc(S(=O)(=O)N2CCCCCC2)c1. The Morgan fingerprint density at radius 2 is 1.87 bits per heavy atom. The summed E-state index contributed by atoms with van der Waals surface area (Å²) in [5.74, 6) is -0.0730. The van der Waals surface area contributed by atoms with Gasteiger partial charge in [0.2, 0.25) is 15.9 Å². The Morgan fingerprint density at radius 1 is 1.17 bits per heavy atom. The molecule has 1 fully saturated rings. The Hall–Kier alpha value is -1.40. The zero-order chi connectivity index (χ0) is 16.7. The van der Waals surface area contributed by atoms with E-state index in [2.05, 4.69) is 5.32 Å². The summed E-state index contributed by atoms with van der Waals surface area (Å²) >= 11 is 0. The predicted molar refractivity (Wildman–Crippen MR) is 91.8 cm³/mol. The quantitative estimate of drug-likeness (QED) is 0.864. The highest BCUT2D eigenvalue weighted by Gasteiger charge is 2.25. The van der Waals surface area contributed by atoms with Crippen LogP contribution in [-0.4, -0.2) is 31.7 Å². The highest BCUT2D eigenvalue weighted by atomic mass is 32.2. The molecule has 1 aromatic carbocycles. The Labute approximate surface area is 139 Å². The smallest absolute Gasteiger partial charge is 0.243 e. The van der Waals surface area contributed by atoms with E-state index in [4.69, 9.17) is 0 Å². The van der Waals surface area contributed by atoms with Crippen molar-refractivity contribution in [2.75, 3.05) is 18.4 Å². The number of anilines is 1. The van der Waals surface area contributed by atoms with Crippen molar-refractivity contribution in [2.45, 2.75) is 56.8 Å². The molecular formula is C17H26N2O3S. The van der Waals surface area contributed by atoms with Crippen molar-refractivity contribution in [3.05, 3.63) is 24.3 Å². The van der Waals surface area contributed by atoms with Crippen LogP contribution in [0.15, 0.2) is 29.2 Å². The molecule has 1 aliphatic heterocycles. The van der Waals surface area contributed by atoms with Crippen LogP contribution in [0.25, 0.3) is 0 Å². The van der Waals surface area contributed by atoms with Gasteiger partial charge in [-0.05, 0) is 37.5 Å². The molecule has 5 nitrogen and oxygen atoms in total. The molecule has 2 rings (SSSR count). The fourth-order valence-electron chi connectivity index (χ4n) is 2.73. The van der Waals surface area contributed by atoms with Crippen molar-refractivity contribution in [1.29, 1.82) is 0 Å². The molecule has 1 aliphatic rings. The number of nitrogens with zero attached hydrogens (tertiary/aromatic N) is 1. The number of rotatable bonds is 6. The minimum Gasteiger partial charge on any atom is -0.326 e. The minimum absolute atomic E-state index is 0.0730. The third-order valence-corrected chi connectivity index (χ3v) is 5.97. The van der Waals surface area contributed by atoms with Gasteiger partial charge in [-0.25, -0.2) is 8.42 Å². The number of unbranched alkanes of at least 4 members (excludes halogenated alkanes) is 1.